The number of rotatable bonds is 4. The van der Waals surface area contributed by atoms with Crippen LogP contribution in [0.3, 0.4) is 0 Å². The topological polar surface area (TPSA) is 211 Å². The summed E-state index contributed by atoms with van der Waals surface area (Å²) in [5, 5.41) is 45.5. The Labute approximate surface area is 265 Å². The number of phenols is 1. The zero-order valence-electron chi connectivity index (χ0n) is 25.8. The van der Waals surface area contributed by atoms with Crippen molar-refractivity contribution in [2.24, 2.45) is 17.4 Å². The molecule has 1 saturated carbocycles. The second-order valence-electron chi connectivity index (χ2n) is 13.0. The van der Waals surface area contributed by atoms with Gasteiger partial charge in [0.05, 0.1) is 22.7 Å². The Bertz CT molecular complexity index is 1770. The number of piperazine rings is 1. The van der Waals surface area contributed by atoms with Gasteiger partial charge in [0.1, 0.15) is 22.8 Å². The van der Waals surface area contributed by atoms with Gasteiger partial charge in [0.25, 0.3) is 11.8 Å². The number of ketones is 2. The average molecular weight is 632 g/mol. The predicted octanol–water partition coefficient (Wildman–Crippen LogP) is 0.0999. The van der Waals surface area contributed by atoms with Crippen LogP contribution in [0.4, 0.5) is 0 Å². The van der Waals surface area contributed by atoms with Crippen molar-refractivity contribution < 1.29 is 39.6 Å². The first-order chi connectivity index (χ1) is 21.6. The van der Waals surface area contributed by atoms with Crippen LogP contribution >= 0.6 is 0 Å². The lowest BCUT2D eigenvalue weighted by atomic mass is 9.54. The van der Waals surface area contributed by atoms with E-state index in [-0.39, 0.29) is 30.1 Å². The number of amides is 2. The Morgan fingerprint density at radius 3 is 2.33 bits per heavy atom. The van der Waals surface area contributed by atoms with Crippen molar-refractivity contribution in [2.45, 2.75) is 30.0 Å². The second kappa shape index (κ2) is 10.8. The summed E-state index contributed by atoms with van der Waals surface area (Å²) < 4.78 is 0. The van der Waals surface area contributed by atoms with E-state index in [1.54, 1.807) is 35.2 Å². The average Bonchev–Trinajstić information content (AvgIpc) is 2.98. The summed E-state index contributed by atoms with van der Waals surface area (Å²) >= 11 is 0. The third-order valence-electron chi connectivity index (χ3n) is 9.96. The lowest BCUT2D eigenvalue weighted by Gasteiger charge is -2.53. The van der Waals surface area contributed by atoms with Crippen LogP contribution in [0.2, 0.25) is 0 Å². The minimum atomic E-state index is -2.80. The van der Waals surface area contributed by atoms with E-state index in [0.29, 0.717) is 35.3 Å². The largest absolute Gasteiger partial charge is 0.508 e. The van der Waals surface area contributed by atoms with E-state index in [2.05, 4.69) is 4.90 Å². The molecule has 46 heavy (non-hydrogen) atoms. The van der Waals surface area contributed by atoms with E-state index >= 15 is 0 Å². The van der Waals surface area contributed by atoms with Gasteiger partial charge in [0, 0.05) is 37.7 Å². The van der Waals surface area contributed by atoms with Crippen LogP contribution in [0.25, 0.3) is 16.9 Å². The number of nitrogens with two attached hydrogens (primary N) is 2. The molecule has 6 rings (SSSR count). The molecule has 1 aliphatic heterocycles. The molecule has 0 aromatic heterocycles. The van der Waals surface area contributed by atoms with Crippen LogP contribution in [-0.4, -0.2) is 123 Å². The lowest BCUT2D eigenvalue weighted by Crippen LogP contribution is -2.70. The van der Waals surface area contributed by atoms with E-state index in [4.69, 9.17) is 11.5 Å². The Balaban J connectivity index is 1.49. The fraction of sp³-hybridized carbons (Fsp3) is 0.394. The smallest absolute Gasteiger partial charge is 0.255 e. The number of Topliss-reactive ketones (excluding diaryl/α,β-unsaturated/α-hetero) is 2. The number of hydrogen-bond acceptors (Lipinski definition) is 11. The summed E-state index contributed by atoms with van der Waals surface area (Å²) in [6.07, 6.45) is -0.377. The van der Waals surface area contributed by atoms with Crippen LogP contribution in [0, 0.1) is 5.92 Å². The Kier molecular flexibility index (Phi) is 7.35. The standard InChI is InChI=1S/C33H37N5O8/c1-36(2)25-20-15-32(35)14-19-18(16-5-4-6-17(13-16)31(45)38-11-9-37(3)10-12-38)7-8-21(39)22(19)26(40)24(32)29(43)33(20,46)28(42)23(27(25)41)30(34)44/h4-8,13,20,25,39-40,42,46H,9-12,14-15,35H2,1-3H3,(H2,34,44)/t20-,25?,32+,33+/m0/s1. The van der Waals surface area contributed by atoms with Gasteiger partial charge >= 0.3 is 0 Å². The second-order valence-corrected chi connectivity index (χ2v) is 13.0. The summed E-state index contributed by atoms with van der Waals surface area (Å²) in [5.74, 6) is -7.08. The van der Waals surface area contributed by atoms with Crippen molar-refractivity contribution in [1.82, 2.24) is 14.7 Å². The van der Waals surface area contributed by atoms with Gasteiger partial charge in [-0.25, -0.2) is 0 Å². The van der Waals surface area contributed by atoms with Crippen molar-refractivity contribution in [3.8, 4) is 16.9 Å². The van der Waals surface area contributed by atoms with Gasteiger partial charge in [-0.1, -0.05) is 18.2 Å². The number of aliphatic hydroxyl groups is 3. The van der Waals surface area contributed by atoms with Crippen LogP contribution in [0.1, 0.15) is 27.9 Å². The van der Waals surface area contributed by atoms with Crippen molar-refractivity contribution >= 4 is 29.1 Å². The van der Waals surface area contributed by atoms with Crippen LogP contribution in [-0.2, 0) is 20.8 Å². The minimum Gasteiger partial charge on any atom is -0.508 e. The molecule has 13 nitrogen and oxygen atoms in total. The predicted molar refractivity (Wildman–Crippen MR) is 167 cm³/mol. The number of primary amides is 1. The van der Waals surface area contributed by atoms with E-state index < -0.39 is 63.2 Å². The number of likely N-dealkylation sites (N-methyl/N-ethyl adjacent to an activating group) is 2. The van der Waals surface area contributed by atoms with Gasteiger partial charge in [-0.2, -0.15) is 0 Å². The fourth-order valence-electron chi connectivity index (χ4n) is 7.63. The van der Waals surface area contributed by atoms with E-state index in [9.17, 15) is 39.6 Å². The van der Waals surface area contributed by atoms with Crippen molar-refractivity contribution in [1.29, 1.82) is 0 Å². The van der Waals surface area contributed by atoms with Gasteiger partial charge in [-0.05, 0) is 68.9 Å². The lowest BCUT2D eigenvalue weighted by molar-refractivity contribution is -0.154. The third-order valence-corrected chi connectivity index (χ3v) is 9.96. The highest BCUT2D eigenvalue weighted by Gasteiger charge is 2.67. The molecule has 2 aromatic carbocycles. The van der Waals surface area contributed by atoms with E-state index in [0.717, 1.165) is 13.1 Å². The van der Waals surface area contributed by atoms with Gasteiger partial charge in [0.15, 0.2) is 11.4 Å². The molecule has 1 unspecified atom stereocenters. The summed E-state index contributed by atoms with van der Waals surface area (Å²) in [4.78, 5) is 58.6. The summed E-state index contributed by atoms with van der Waals surface area (Å²) in [7, 11) is 5.03. The van der Waals surface area contributed by atoms with Crippen LogP contribution < -0.4 is 11.5 Å². The Hall–Kier alpha value is -4.56. The molecule has 4 aliphatic rings. The van der Waals surface area contributed by atoms with Gasteiger partial charge < -0.3 is 41.7 Å². The van der Waals surface area contributed by atoms with Crippen LogP contribution in [0.5, 0.6) is 5.75 Å². The summed E-state index contributed by atoms with van der Waals surface area (Å²) in [5.41, 5.74) is 8.44. The molecule has 242 valence electrons. The molecule has 1 heterocycles. The molecule has 13 heteroatoms. The van der Waals surface area contributed by atoms with E-state index in [1.165, 1.54) is 25.1 Å². The highest BCUT2D eigenvalue weighted by molar-refractivity contribution is 6.25. The van der Waals surface area contributed by atoms with Gasteiger partial charge in [0.2, 0.25) is 5.78 Å². The maximum absolute atomic E-state index is 14.2. The molecule has 0 spiro atoms. The quantitative estimate of drug-likeness (QED) is 0.249. The first kappa shape index (κ1) is 31.4. The number of hydrogen-bond donors (Lipinski definition) is 6. The molecular formula is C33H37N5O8. The molecular weight excluding hydrogens is 594 g/mol. The zero-order chi connectivity index (χ0) is 33.5. The maximum Gasteiger partial charge on any atom is 0.255 e. The molecule has 4 atom stereocenters. The number of benzene rings is 2. The van der Waals surface area contributed by atoms with E-state index in [1.807, 2.05) is 7.05 Å². The highest BCUT2D eigenvalue weighted by atomic mass is 16.3. The zero-order valence-corrected chi connectivity index (χ0v) is 25.8. The first-order valence-electron chi connectivity index (χ1n) is 15.0. The molecule has 2 fully saturated rings. The number of aliphatic hydroxyl groups excluding tert-OH is 2. The summed E-state index contributed by atoms with van der Waals surface area (Å²) in [6, 6.07) is 8.69. The van der Waals surface area contributed by atoms with Gasteiger partial charge in [-0.3, -0.25) is 24.1 Å². The summed E-state index contributed by atoms with van der Waals surface area (Å²) in [6.45, 7) is 2.70. The SMILES string of the molecule is CN1CCN(C(=O)c2cccc(-c3ccc(O)c4c3C[C@@]3(N)C[C@H]5C(N(C)C)C(=O)C(C(N)=O)=C(O)[C@@]5(O)C(=O)C3=C4O)c2)CC1. The van der Waals surface area contributed by atoms with Crippen LogP contribution in [0.15, 0.2) is 53.3 Å². The maximum atomic E-state index is 14.2. The van der Waals surface area contributed by atoms with Crippen molar-refractivity contribution in [3.63, 3.8) is 0 Å². The molecule has 8 N–H and O–H groups in total. The first-order valence-corrected chi connectivity index (χ1v) is 15.0. The van der Waals surface area contributed by atoms with Crippen molar-refractivity contribution in [3.05, 3.63) is 70.0 Å². The highest BCUT2D eigenvalue weighted by Crippen LogP contribution is 2.54. The number of carbonyl (C=O) groups excluding carboxylic acids is 4. The Morgan fingerprint density at radius 2 is 1.70 bits per heavy atom. The number of phenolic OH excluding ortho intramolecular Hbond substituents is 1. The third kappa shape index (κ3) is 4.45. The molecule has 3 aliphatic carbocycles. The normalized spacial score (nSPS) is 28.3. The Morgan fingerprint density at radius 1 is 1.02 bits per heavy atom. The minimum absolute atomic E-state index is 0.0885. The number of nitrogens with zero attached hydrogens (tertiary/aromatic N) is 3. The molecule has 2 aromatic rings. The number of fused-ring (bicyclic) bond motifs is 3. The fourth-order valence-corrected chi connectivity index (χ4v) is 7.63. The molecule has 2 amide bonds. The van der Waals surface area contributed by atoms with Crippen molar-refractivity contribution in [2.75, 3.05) is 47.3 Å². The number of aromatic hydroxyl groups is 1. The molecule has 1 saturated heterocycles. The monoisotopic (exact) mass is 631 g/mol. The molecule has 0 radical (unpaired) electrons. The van der Waals surface area contributed by atoms with Gasteiger partial charge in [-0.15, -0.1) is 0 Å². The molecule has 0 bridgehead atoms. The number of carbonyl (C=O) groups is 4.